The monoisotopic (exact) mass is 337 g/mol. The normalized spacial score (nSPS) is 22.5. The van der Waals surface area contributed by atoms with Gasteiger partial charge < -0.3 is 5.32 Å². The minimum Gasteiger partial charge on any atom is -0.353 e. The lowest BCUT2D eigenvalue weighted by Crippen LogP contribution is -2.34. The molecule has 1 N–H and O–H groups in total. The maximum Gasteiger partial charge on any atom is 0.220 e. The Labute approximate surface area is 130 Å². The van der Waals surface area contributed by atoms with Gasteiger partial charge in [-0.15, -0.1) is 0 Å². The number of nitrogens with one attached hydrogen (secondary N) is 1. The van der Waals surface area contributed by atoms with Gasteiger partial charge in [0.25, 0.3) is 0 Å². The van der Waals surface area contributed by atoms with Crippen molar-refractivity contribution < 1.29 is 4.79 Å². The van der Waals surface area contributed by atoms with E-state index in [0.717, 1.165) is 17.3 Å². The lowest BCUT2D eigenvalue weighted by Gasteiger charge is -2.19. The van der Waals surface area contributed by atoms with Crippen LogP contribution in [0.1, 0.15) is 57.9 Å². The van der Waals surface area contributed by atoms with Gasteiger partial charge >= 0.3 is 0 Å². The summed E-state index contributed by atoms with van der Waals surface area (Å²) < 4.78 is 1.08. The highest BCUT2D eigenvalue weighted by Crippen LogP contribution is 2.37. The predicted octanol–water partition coefficient (Wildman–Crippen LogP) is 4.64. The molecule has 0 aromatic heterocycles. The molecule has 2 nitrogen and oxygen atoms in total. The van der Waals surface area contributed by atoms with E-state index in [1.54, 1.807) is 0 Å². The van der Waals surface area contributed by atoms with Crippen molar-refractivity contribution in [2.45, 2.75) is 58.4 Å². The molecule has 1 amide bonds. The Kier molecular flexibility index (Phi) is 4.90. The van der Waals surface area contributed by atoms with E-state index < -0.39 is 0 Å². The van der Waals surface area contributed by atoms with Gasteiger partial charge in [-0.05, 0) is 48.3 Å². The van der Waals surface area contributed by atoms with Gasteiger partial charge in [-0.25, -0.2) is 0 Å². The van der Waals surface area contributed by atoms with Crippen LogP contribution in [0.4, 0.5) is 0 Å². The van der Waals surface area contributed by atoms with Crippen LogP contribution >= 0.6 is 15.9 Å². The molecule has 1 aliphatic carbocycles. The van der Waals surface area contributed by atoms with Crippen LogP contribution in [0.2, 0.25) is 0 Å². The summed E-state index contributed by atoms with van der Waals surface area (Å²) in [6.45, 7) is 6.68. The van der Waals surface area contributed by atoms with Crippen LogP contribution in [0.15, 0.2) is 28.7 Å². The van der Waals surface area contributed by atoms with Gasteiger partial charge in [-0.2, -0.15) is 0 Å². The van der Waals surface area contributed by atoms with Crippen molar-refractivity contribution in [1.82, 2.24) is 5.32 Å². The molecule has 1 fully saturated rings. The highest BCUT2D eigenvalue weighted by molar-refractivity contribution is 9.10. The standard InChI is InChI=1S/C17H24BrNO/c1-12(13-4-6-14(18)7-5-13)10-16(20)19-15-8-9-17(2,3)11-15/h4-7,12,15H,8-11H2,1-3H3,(H,19,20). The minimum absolute atomic E-state index is 0.183. The summed E-state index contributed by atoms with van der Waals surface area (Å²) in [7, 11) is 0. The quantitative estimate of drug-likeness (QED) is 0.851. The average molecular weight is 338 g/mol. The molecule has 3 heteroatoms. The van der Waals surface area contributed by atoms with Gasteiger partial charge in [-0.3, -0.25) is 4.79 Å². The van der Waals surface area contributed by atoms with Crippen LogP contribution < -0.4 is 5.32 Å². The van der Waals surface area contributed by atoms with E-state index in [1.165, 1.54) is 12.0 Å². The Morgan fingerprint density at radius 1 is 1.40 bits per heavy atom. The van der Waals surface area contributed by atoms with Gasteiger partial charge in [0.2, 0.25) is 5.91 Å². The van der Waals surface area contributed by atoms with Crippen molar-refractivity contribution in [3.63, 3.8) is 0 Å². The van der Waals surface area contributed by atoms with Crippen molar-refractivity contribution >= 4 is 21.8 Å². The fraction of sp³-hybridized carbons (Fsp3) is 0.588. The van der Waals surface area contributed by atoms with Crippen LogP contribution in [-0.2, 0) is 4.79 Å². The molecule has 1 aliphatic rings. The van der Waals surface area contributed by atoms with Crippen LogP contribution in [-0.4, -0.2) is 11.9 Å². The Morgan fingerprint density at radius 2 is 2.05 bits per heavy atom. The lowest BCUT2D eigenvalue weighted by molar-refractivity contribution is -0.122. The third-order valence-corrected chi connectivity index (χ3v) is 4.79. The highest BCUT2D eigenvalue weighted by atomic mass is 79.9. The maximum absolute atomic E-state index is 12.1. The zero-order valence-corrected chi connectivity index (χ0v) is 14.2. The van der Waals surface area contributed by atoms with E-state index in [0.29, 0.717) is 17.9 Å². The molecule has 20 heavy (non-hydrogen) atoms. The number of carbonyl (C=O) groups excluding carboxylic acids is 1. The zero-order valence-electron chi connectivity index (χ0n) is 12.6. The van der Waals surface area contributed by atoms with Crippen LogP contribution in [0, 0.1) is 5.41 Å². The molecule has 1 aromatic rings. The van der Waals surface area contributed by atoms with Crippen LogP contribution in [0.3, 0.4) is 0 Å². The van der Waals surface area contributed by atoms with Crippen molar-refractivity contribution in [2.75, 3.05) is 0 Å². The fourth-order valence-electron chi connectivity index (χ4n) is 3.03. The highest BCUT2D eigenvalue weighted by Gasteiger charge is 2.31. The molecule has 0 heterocycles. The molecule has 1 aromatic carbocycles. The first kappa shape index (κ1) is 15.6. The second-order valence-electron chi connectivity index (χ2n) is 6.83. The molecular formula is C17H24BrNO. The van der Waals surface area contributed by atoms with Crippen molar-refractivity contribution in [1.29, 1.82) is 0 Å². The lowest BCUT2D eigenvalue weighted by atomic mass is 9.92. The van der Waals surface area contributed by atoms with Gasteiger partial charge in [0.1, 0.15) is 0 Å². The smallest absolute Gasteiger partial charge is 0.220 e. The van der Waals surface area contributed by atoms with E-state index in [9.17, 15) is 4.79 Å². The first-order chi connectivity index (χ1) is 9.35. The van der Waals surface area contributed by atoms with Gasteiger partial charge in [-0.1, -0.05) is 48.8 Å². The SMILES string of the molecule is CC(CC(=O)NC1CCC(C)(C)C1)c1ccc(Br)cc1. The van der Waals surface area contributed by atoms with Gasteiger partial charge in [0.05, 0.1) is 0 Å². The van der Waals surface area contributed by atoms with E-state index in [4.69, 9.17) is 0 Å². The molecule has 110 valence electrons. The number of halogens is 1. The molecule has 2 rings (SSSR count). The summed E-state index contributed by atoms with van der Waals surface area (Å²) in [6, 6.07) is 8.60. The first-order valence-corrected chi connectivity index (χ1v) is 8.20. The topological polar surface area (TPSA) is 29.1 Å². The number of hydrogen-bond donors (Lipinski definition) is 1. The summed E-state index contributed by atoms with van der Waals surface area (Å²) >= 11 is 3.44. The van der Waals surface area contributed by atoms with Crippen molar-refractivity contribution in [3.8, 4) is 0 Å². The second kappa shape index (κ2) is 6.30. The zero-order chi connectivity index (χ0) is 14.8. The molecule has 2 atom stereocenters. The van der Waals surface area contributed by atoms with Crippen LogP contribution in [0.5, 0.6) is 0 Å². The second-order valence-corrected chi connectivity index (χ2v) is 7.74. The fourth-order valence-corrected chi connectivity index (χ4v) is 3.30. The number of amides is 1. The molecule has 0 aliphatic heterocycles. The summed E-state index contributed by atoms with van der Waals surface area (Å²) in [5, 5.41) is 3.20. The Hall–Kier alpha value is -0.830. The number of rotatable bonds is 4. The summed E-state index contributed by atoms with van der Waals surface area (Å²) in [6.07, 6.45) is 4.00. The summed E-state index contributed by atoms with van der Waals surface area (Å²) in [5.74, 6) is 0.445. The van der Waals surface area contributed by atoms with Crippen molar-refractivity contribution in [3.05, 3.63) is 34.3 Å². The van der Waals surface area contributed by atoms with Gasteiger partial charge in [0, 0.05) is 16.9 Å². The summed E-state index contributed by atoms with van der Waals surface area (Å²) in [5.41, 5.74) is 1.60. The molecule has 0 radical (unpaired) electrons. The Balaban J connectivity index is 1.84. The minimum atomic E-state index is 0.183. The maximum atomic E-state index is 12.1. The van der Waals surface area contributed by atoms with Gasteiger partial charge in [0.15, 0.2) is 0 Å². The Morgan fingerprint density at radius 3 is 2.60 bits per heavy atom. The predicted molar refractivity (Wildman–Crippen MR) is 86.7 cm³/mol. The largest absolute Gasteiger partial charge is 0.353 e. The first-order valence-electron chi connectivity index (χ1n) is 7.40. The third kappa shape index (κ3) is 4.34. The van der Waals surface area contributed by atoms with E-state index in [1.807, 2.05) is 12.1 Å². The average Bonchev–Trinajstić information content (AvgIpc) is 2.69. The third-order valence-electron chi connectivity index (χ3n) is 4.26. The summed E-state index contributed by atoms with van der Waals surface area (Å²) in [4.78, 5) is 12.1. The Bertz CT molecular complexity index is 466. The number of benzene rings is 1. The molecule has 0 bridgehead atoms. The number of hydrogen-bond acceptors (Lipinski definition) is 1. The molecular weight excluding hydrogens is 314 g/mol. The molecule has 0 spiro atoms. The van der Waals surface area contributed by atoms with E-state index >= 15 is 0 Å². The van der Waals surface area contributed by atoms with E-state index in [2.05, 4.69) is 54.2 Å². The molecule has 0 saturated heterocycles. The molecule has 2 unspecified atom stereocenters. The van der Waals surface area contributed by atoms with E-state index in [-0.39, 0.29) is 11.8 Å². The molecule has 1 saturated carbocycles. The number of carbonyl (C=O) groups is 1. The van der Waals surface area contributed by atoms with Crippen LogP contribution in [0.25, 0.3) is 0 Å². The van der Waals surface area contributed by atoms with Crippen molar-refractivity contribution in [2.24, 2.45) is 5.41 Å².